The number of likely N-dealkylation sites (N-methyl/N-ethyl adjacent to an activating group) is 1. The van der Waals surface area contributed by atoms with Gasteiger partial charge in [-0.1, -0.05) is 30.8 Å². The predicted octanol–water partition coefficient (Wildman–Crippen LogP) is 4.73. The number of anilines is 2. The zero-order valence-corrected chi connectivity index (χ0v) is 24.3. The number of nitrogens with one attached hydrogen (secondary N) is 2. The number of nitrogens with zero attached hydrogens (tertiary/aromatic N) is 6. The summed E-state index contributed by atoms with van der Waals surface area (Å²) in [5.74, 6) is 0.291. The standard InChI is InChI=1S/C30H32ClFN8O/c1-7-23(41)39-11-17(4)40(12-16(39)3)29-20-10-21(31)26(24-15(2)8-9-22-25(24)18(5)36-37-22)27(32)28(20)34-30(35-29)38-13-19(14-38)33-6/h7-10,17,19,33H,1,3,11-14H2,2,4-6H3,(H,36,37)/t17-/m0/s1. The van der Waals surface area contributed by atoms with Crippen LogP contribution in [-0.4, -0.2) is 76.3 Å². The van der Waals surface area contributed by atoms with Gasteiger partial charge >= 0.3 is 0 Å². The summed E-state index contributed by atoms with van der Waals surface area (Å²) < 4.78 is 16.9. The number of aromatic nitrogens is 4. The summed E-state index contributed by atoms with van der Waals surface area (Å²) in [4.78, 5) is 27.8. The molecule has 0 bridgehead atoms. The van der Waals surface area contributed by atoms with Crippen molar-refractivity contribution in [3.8, 4) is 11.1 Å². The Hall–Kier alpha value is -4.02. The number of H-pyrrole nitrogens is 1. The Morgan fingerprint density at radius 1 is 1.22 bits per heavy atom. The second-order valence-electron chi connectivity index (χ2n) is 10.9. The zero-order valence-electron chi connectivity index (χ0n) is 23.6. The van der Waals surface area contributed by atoms with Gasteiger partial charge in [-0.2, -0.15) is 10.1 Å². The van der Waals surface area contributed by atoms with Gasteiger partial charge in [0.15, 0.2) is 5.82 Å². The lowest BCUT2D eigenvalue weighted by Crippen LogP contribution is -2.57. The van der Waals surface area contributed by atoms with Crippen LogP contribution in [0.4, 0.5) is 16.2 Å². The fourth-order valence-corrected chi connectivity index (χ4v) is 6.13. The molecule has 41 heavy (non-hydrogen) atoms. The molecule has 2 aliphatic heterocycles. The first kappa shape index (κ1) is 27.2. The molecule has 0 saturated carbocycles. The van der Waals surface area contributed by atoms with Crippen LogP contribution < -0.4 is 15.1 Å². The van der Waals surface area contributed by atoms with Crippen molar-refractivity contribution in [1.82, 2.24) is 30.4 Å². The summed E-state index contributed by atoms with van der Waals surface area (Å²) in [6.45, 7) is 15.7. The minimum atomic E-state index is -0.508. The number of hydrogen-bond acceptors (Lipinski definition) is 7. The second kappa shape index (κ2) is 10.1. The zero-order chi connectivity index (χ0) is 29.2. The molecule has 11 heteroatoms. The Morgan fingerprint density at radius 3 is 2.68 bits per heavy atom. The first-order valence-electron chi connectivity index (χ1n) is 13.6. The summed E-state index contributed by atoms with van der Waals surface area (Å²) in [7, 11) is 1.92. The number of amides is 1. The fraction of sp³-hybridized carbons (Fsp3) is 0.333. The van der Waals surface area contributed by atoms with Crippen LogP contribution in [0.25, 0.3) is 32.9 Å². The maximum atomic E-state index is 16.9. The predicted molar refractivity (Wildman–Crippen MR) is 162 cm³/mol. The van der Waals surface area contributed by atoms with Crippen LogP contribution in [0.15, 0.2) is 43.1 Å². The second-order valence-corrected chi connectivity index (χ2v) is 11.3. The topological polar surface area (TPSA) is 93.3 Å². The Morgan fingerprint density at radius 2 is 1.98 bits per heavy atom. The molecule has 2 aromatic carbocycles. The number of aromatic amines is 1. The molecule has 0 spiro atoms. The van der Waals surface area contributed by atoms with Gasteiger partial charge in [0.1, 0.15) is 11.3 Å². The summed E-state index contributed by atoms with van der Waals surface area (Å²) in [6, 6.07) is 5.76. The highest BCUT2D eigenvalue weighted by Gasteiger charge is 2.34. The van der Waals surface area contributed by atoms with Gasteiger partial charge in [0, 0.05) is 65.0 Å². The third-order valence-corrected chi connectivity index (χ3v) is 8.51. The Balaban J connectivity index is 1.57. The van der Waals surface area contributed by atoms with Crippen LogP contribution in [-0.2, 0) is 4.79 Å². The summed E-state index contributed by atoms with van der Waals surface area (Å²) in [5.41, 5.74) is 4.23. The molecule has 1 amide bonds. The van der Waals surface area contributed by atoms with E-state index in [9.17, 15) is 4.79 Å². The van der Waals surface area contributed by atoms with Crippen molar-refractivity contribution in [2.24, 2.45) is 0 Å². The molecule has 0 unspecified atom stereocenters. The van der Waals surface area contributed by atoms with E-state index in [0.29, 0.717) is 60.6 Å². The van der Waals surface area contributed by atoms with E-state index < -0.39 is 5.82 Å². The molecule has 4 heterocycles. The molecule has 2 aliphatic rings. The number of piperazine rings is 1. The van der Waals surface area contributed by atoms with Crippen molar-refractivity contribution < 1.29 is 9.18 Å². The highest BCUT2D eigenvalue weighted by molar-refractivity contribution is 6.35. The monoisotopic (exact) mass is 574 g/mol. The van der Waals surface area contributed by atoms with E-state index in [4.69, 9.17) is 21.6 Å². The average molecular weight is 575 g/mol. The SMILES string of the molecule is C=CC(=O)N1C[C@H](C)N(c2nc(N3CC(NC)C3)nc3c(F)c(-c4c(C)ccc5n[nH]c(C)c45)c(Cl)cc23)CC1=C. The summed E-state index contributed by atoms with van der Waals surface area (Å²) in [5, 5.41) is 12.2. The molecule has 212 valence electrons. The molecule has 2 saturated heterocycles. The third kappa shape index (κ3) is 4.33. The molecule has 2 fully saturated rings. The van der Waals surface area contributed by atoms with E-state index in [1.807, 2.05) is 49.8 Å². The number of carbonyl (C=O) groups excluding carboxylic acids is 1. The molecule has 0 aliphatic carbocycles. The Bertz CT molecular complexity index is 1740. The summed E-state index contributed by atoms with van der Waals surface area (Å²) >= 11 is 6.93. The van der Waals surface area contributed by atoms with Crippen LogP contribution in [0.3, 0.4) is 0 Å². The number of benzene rings is 2. The van der Waals surface area contributed by atoms with Gasteiger partial charge in [0.25, 0.3) is 0 Å². The highest BCUT2D eigenvalue weighted by atomic mass is 35.5. The molecular weight excluding hydrogens is 543 g/mol. The van der Waals surface area contributed by atoms with Gasteiger partial charge in [0.2, 0.25) is 11.9 Å². The number of halogens is 2. The first-order chi connectivity index (χ1) is 19.6. The van der Waals surface area contributed by atoms with Crippen molar-refractivity contribution in [2.45, 2.75) is 32.9 Å². The van der Waals surface area contributed by atoms with E-state index in [2.05, 4.69) is 28.7 Å². The van der Waals surface area contributed by atoms with E-state index >= 15 is 4.39 Å². The molecule has 2 aromatic heterocycles. The van der Waals surface area contributed by atoms with Crippen LogP contribution in [0, 0.1) is 19.7 Å². The van der Waals surface area contributed by atoms with E-state index in [0.717, 1.165) is 22.2 Å². The quantitative estimate of drug-likeness (QED) is 0.333. The minimum Gasteiger partial charge on any atom is -0.346 e. The van der Waals surface area contributed by atoms with Crippen molar-refractivity contribution in [3.05, 3.63) is 65.2 Å². The maximum Gasteiger partial charge on any atom is 0.250 e. The highest BCUT2D eigenvalue weighted by Crippen LogP contribution is 2.43. The minimum absolute atomic E-state index is 0.136. The Labute approximate surface area is 242 Å². The number of fused-ring (bicyclic) bond motifs is 2. The average Bonchev–Trinajstić information content (AvgIpc) is 3.30. The molecule has 1 atom stereocenters. The van der Waals surface area contributed by atoms with Gasteiger partial charge in [-0.05, 0) is 51.6 Å². The number of carbonyl (C=O) groups is 1. The van der Waals surface area contributed by atoms with Gasteiger partial charge in [-0.3, -0.25) is 9.89 Å². The third-order valence-electron chi connectivity index (χ3n) is 8.21. The molecule has 2 N–H and O–H groups in total. The van der Waals surface area contributed by atoms with E-state index in [1.54, 1.807) is 11.0 Å². The number of aryl methyl sites for hydroxylation is 2. The molecular formula is C30H32ClFN8O. The molecule has 6 rings (SSSR count). The summed E-state index contributed by atoms with van der Waals surface area (Å²) in [6.07, 6.45) is 1.29. The molecule has 4 aromatic rings. The number of rotatable bonds is 5. The smallest absolute Gasteiger partial charge is 0.250 e. The van der Waals surface area contributed by atoms with Crippen molar-refractivity contribution in [2.75, 3.05) is 43.0 Å². The van der Waals surface area contributed by atoms with E-state index in [-0.39, 0.29) is 28.1 Å². The van der Waals surface area contributed by atoms with Crippen LogP contribution >= 0.6 is 11.6 Å². The molecule has 0 radical (unpaired) electrons. The fourth-order valence-electron chi connectivity index (χ4n) is 5.84. The van der Waals surface area contributed by atoms with Crippen molar-refractivity contribution in [3.63, 3.8) is 0 Å². The van der Waals surface area contributed by atoms with Crippen molar-refractivity contribution in [1.29, 1.82) is 0 Å². The van der Waals surface area contributed by atoms with Gasteiger partial charge in [-0.15, -0.1) is 0 Å². The first-order valence-corrected chi connectivity index (χ1v) is 14.0. The Kier molecular flexibility index (Phi) is 6.70. The van der Waals surface area contributed by atoms with Crippen molar-refractivity contribution >= 4 is 51.1 Å². The van der Waals surface area contributed by atoms with Gasteiger partial charge < -0.3 is 20.0 Å². The lowest BCUT2D eigenvalue weighted by molar-refractivity contribution is -0.124. The van der Waals surface area contributed by atoms with E-state index in [1.165, 1.54) is 6.08 Å². The normalized spacial score (nSPS) is 18.0. The molecule has 9 nitrogen and oxygen atoms in total. The van der Waals surface area contributed by atoms with Gasteiger partial charge in [-0.25, -0.2) is 9.37 Å². The lowest BCUT2D eigenvalue weighted by atomic mass is 9.94. The largest absolute Gasteiger partial charge is 0.346 e. The maximum absolute atomic E-state index is 16.9. The lowest BCUT2D eigenvalue weighted by Gasteiger charge is -2.43. The van der Waals surface area contributed by atoms with Gasteiger partial charge in [0.05, 0.1) is 17.1 Å². The van der Waals surface area contributed by atoms with Crippen LogP contribution in [0.2, 0.25) is 5.02 Å². The van der Waals surface area contributed by atoms with Crippen LogP contribution in [0.5, 0.6) is 0 Å². The number of hydrogen-bond donors (Lipinski definition) is 2. The van der Waals surface area contributed by atoms with Crippen LogP contribution in [0.1, 0.15) is 18.2 Å².